The summed E-state index contributed by atoms with van der Waals surface area (Å²) in [4.78, 5) is 17.8. The number of thiophene rings is 1. The maximum Gasteiger partial charge on any atom is 0.258 e. The number of aromatic nitrogens is 2. The van der Waals surface area contributed by atoms with E-state index in [1.807, 2.05) is 29.3 Å². The van der Waals surface area contributed by atoms with E-state index in [-0.39, 0.29) is 12.3 Å². The van der Waals surface area contributed by atoms with Gasteiger partial charge < -0.3 is 9.32 Å². The van der Waals surface area contributed by atoms with Gasteiger partial charge in [0, 0.05) is 32.7 Å². The highest BCUT2D eigenvalue weighted by Gasteiger charge is 2.23. The topological polar surface area (TPSA) is 62.5 Å². The minimum Gasteiger partial charge on any atom is -0.419 e. The van der Waals surface area contributed by atoms with Gasteiger partial charge in [0.05, 0.1) is 4.88 Å². The number of rotatable bonds is 5. The van der Waals surface area contributed by atoms with E-state index in [0.717, 1.165) is 43.2 Å². The predicted octanol–water partition coefficient (Wildman–Crippen LogP) is 2.99. The molecule has 0 atom stereocenters. The first-order chi connectivity index (χ1) is 13.2. The first kappa shape index (κ1) is 17.9. The molecule has 3 heterocycles. The van der Waals surface area contributed by atoms with Crippen molar-refractivity contribution in [1.82, 2.24) is 20.0 Å². The zero-order valence-corrected chi connectivity index (χ0v) is 16.1. The first-order valence-corrected chi connectivity index (χ1v) is 9.98. The van der Waals surface area contributed by atoms with Gasteiger partial charge in [-0.2, -0.15) is 0 Å². The molecule has 27 heavy (non-hydrogen) atoms. The van der Waals surface area contributed by atoms with Crippen molar-refractivity contribution in [2.75, 3.05) is 26.2 Å². The Bertz CT molecular complexity index is 898. The van der Waals surface area contributed by atoms with E-state index >= 15 is 0 Å². The Morgan fingerprint density at radius 2 is 1.89 bits per heavy atom. The molecule has 1 aliphatic heterocycles. The third-order valence-electron chi connectivity index (χ3n) is 4.80. The molecule has 0 unspecified atom stereocenters. The van der Waals surface area contributed by atoms with E-state index in [2.05, 4.69) is 39.4 Å². The Labute approximate surface area is 162 Å². The van der Waals surface area contributed by atoms with Crippen molar-refractivity contribution in [1.29, 1.82) is 0 Å². The standard InChI is InChI=1S/C20H22N4O2S/c1-15-7-12-27-19(15)20-22-21-17(26-20)13-18(25)24-10-8-23(9-11-24)14-16-5-3-2-4-6-16/h2-7,12H,8-11,13-14H2,1H3. The molecule has 0 radical (unpaired) electrons. The zero-order valence-electron chi connectivity index (χ0n) is 15.3. The van der Waals surface area contributed by atoms with Crippen LogP contribution in [-0.4, -0.2) is 52.1 Å². The first-order valence-electron chi connectivity index (χ1n) is 9.10. The largest absolute Gasteiger partial charge is 0.419 e. The van der Waals surface area contributed by atoms with Crippen molar-refractivity contribution >= 4 is 17.2 Å². The van der Waals surface area contributed by atoms with Gasteiger partial charge in [-0.3, -0.25) is 9.69 Å². The summed E-state index contributed by atoms with van der Waals surface area (Å²) in [5, 5.41) is 10.1. The molecule has 0 N–H and O–H groups in total. The third-order valence-corrected chi connectivity index (χ3v) is 5.80. The fourth-order valence-electron chi connectivity index (χ4n) is 3.25. The van der Waals surface area contributed by atoms with Crippen LogP contribution in [0.1, 0.15) is 17.0 Å². The van der Waals surface area contributed by atoms with Crippen LogP contribution < -0.4 is 0 Å². The Balaban J connectivity index is 1.30. The van der Waals surface area contributed by atoms with Crippen LogP contribution >= 0.6 is 11.3 Å². The smallest absolute Gasteiger partial charge is 0.258 e. The van der Waals surface area contributed by atoms with E-state index in [1.54, 1.807) is 11.3 Å². The summed E-state index contributed by atoms with van der Waals surface area (Å²) in [5.41, 5.74) is 2.41. The lowest BCUT2D eigenvalue weighted by atomic mass is 10.2. The van der Waals surface area contributed by atoms with Crippen LogP contribution in [0.5, 0.6) is 0 Å². The molecule has 0 aliphatic carbocycles. The van der Waals surface area contributed by atoms with Crippen LogP contribution in [0, 0.1) is 6.92 Å². The number of aryl methyl sites for hydroxylation is 1. The van der Waals surface area contributed by atoms with Gasteiger partial charge in [-0.05, 0) is 29.5 Å². The molecule has 140 valence electrons. The molecule has 4 rings (SSSR count). The molecule has 0 saturated carbocycles. The second-order valence-corrected chi connectivity index (χ2v) is 7.67. The SMILES string of the molecule is Cc1ccsc1-c1nnc(CC(=O)N2CCN(Cc3ccccc3)CC2)o1. The van der Waals surface area contributed by atoms with Crippen LogP contribution in [0.4, 0.5) is 0 Å². The molecular formula is C20H22N4O2S. The Kier molecular flexibility index (Phi) is 5.31. The number of carbonyl (C=O) groups is 1. The molecule has 1 amide bonds. The number of piperazine rings is 1. The second kappa shape index (κ2) is 8.02. The van der Waals surface area contributed by atoms with Gasteiger partial charge in [-0.1, -0.05) is 30.3 Å². The minimum absolute atomic E-state index is 0.0486. The van der Waals surface area contributed by atoms with Crippen LogP contribution in [-0.2, 0) is 17.8 Å². The van der Waals surface area contributed by atoms with Crippen LogP contribution in [0.25, 0.3) is 10.8 Å². The number of hydrogen-bond donors (Lipinski definition) is 0. The number of hydrogen-bond acceptors (Lipinski definition) is 6. The highest BCUT2D eigenvalue weighted by atomic mass is 32.1. The van der Waals surface area contributed by atoms with Gasteiger partial charge >= 0.3 is 0 Å². The lowest BCUT2D eigenvalue weighted by molar-refractivity contribution is -0.132. The van der Waals surface area contributed by atoms with Gasteiger partial charge in [0.1, 0.15) is 6.42 Å². The van der Waals surface area contributed by atoms with Crippen molar-refractivity contribution in [2.45, 2.75) is 19.9 Å². The van der Waals surface area contributed by atoms with Crippen molar-refractivity contribution in [3.8, 4) is 10.8 Å². The fourth-order valence-corrected chi connectivity index (χ4v) is 4.09. The second-order valence-electron chi connectivity index (χ2n) is 6.75. The summed E-state index contributed by atoms with van der Waals surface area (Å²) in [7, 11) is 0. The quantitative estimate of drug-likeness (QED) is 0.679. The van der Waals surface area contributed by atoms with Gasteiger partial charge in [-0.25, -0.2) is 0 Å². The summed E-state index contributed by atoms with van der Waals surface area (Å²) in [6.45, 7) is 6.16. The minimum atomic E-state index is 0.0486. The van der Waals surface area contributed by atoms with Crippen LogP contribution in [0.2, 0.25) is 0 Å². The van der Waals surface area contributed by atoms with Gasteiger partial charge in [0.2, 0.25) is 11.8 Å². The fraction of sp³-hybridized carbons (Fsp3) is 0.350. The van der Waals surface area contributed by atoms with Crippen molar-refractivity contribution in [3.05, 3.63) is 58.8 Å². The Morgan fingerprint density at radius 3 is 2.59 bits per heavy atom. The Hall–Kier alpha value is -2.51. The van der Waals surface area contributed by atoms with E-state index in [0.29, 0.717) is 11.8 Å². The molecule has 1 saturated heterocycles. The molecule has 0 spiro atoms. The summed E-state index contributed by atoms with van der Waals surface area (Å²) < 4.78 is 5.70. The highest BCUT2D eigenvalue weighted by molar-refractivity contribution is 7.13. The highest BCUT2D eigenvalue weighted by Crippen LogP contribution is 2.27. The molecule has 2 aromatic heterocycles. The third kappa shape index (κ3) is 4.26. The molecule has 1 aromatic carbocycles. The molecule has 6 nitrogen and oxygen atoms in total. The monoisotopic (exact) mass is 382 g/mol. The molecule has 7 heteroatoms. The van der Waals surface area contributed by atoms with E-state index in [9.17, 15) is 4.79 Å². The van der Waals surface area contributed by atoms with E-state index in [1.165, 1.54) is 5.56 Å². The molecule has 1 aliphatic rings. The Morgan fingerprint density at radius 1 is 1.11 bits per heavy atom. The molecule has 0 bridgehead atoms. The lowest BCUT2D eigenvalue weighted by Gasteiger charge is -2.34. The number of carbonyl (C=O) groups excluding carboxylic acids is 1. The number of nitrogens with zero attached hydrogens (tertiary/aromatic N) is 4. The number of benzene rings is 1. The van der Waals surface area contributed by atoms with Gasteiger partial charge in [0.25, 0.3) is 5.89 Å². The predicted molar refractivity (Wildman–Crippen MR) is 104 cm³/mol. The lowest BCUT2D eigenvalue weighted by Crippen LogP contribution is -2.48. The van der Waals surface area contributed by atoms with Crippen molar-refractivity contribution < 1.29 is 9.21 Å². The summed E-state index contributed by atoms with van der Waals surface area (Å²) in [6, 6.07) is 12.4. The summed E-state index contributed by atoms with van der Waals surface area (Å²) in [6.07, 6.45) is 0.163. The summed E-state index contributed by atoms with van der Waals surface area (Å²) >= 11 is 1.57. The van der Waals surface area contributed by atoms with Crippen LogP contribution in [0.15, 0.2) is 46.2 Å². The molecule has 3 aromatic rings. The average Bonchev–Trinajstić information content (AvgIpc) is 3.32. The normalized spacial score (nSPS) is 15.2. The molecule has 1 fully saturated rings. The van der Waals surface area contributed by atoms with Gasteiger partial charge in [0.15, 0.2) is 0 Å². The van der Waals surface area contributed by atoms with Gasteiger partial charge in [-0.15, -0.1) is 21.5 Å². The maximum absolute atomic E-state index is 12.6. The average molecular weight is 382 g/mol. The zero-order chi connectivity index (χ0) is 18.6. The summed E-state index contributed by atoms with van der Waals surface area (Å²) in [5.74, 6) is 0.931. The number of amides is 1. The molecular weight excluding hydrogens is 360 g/mol. The van der Waals surface area contributed by atoms with Crippen LogP contribution in [0.3, 0.4) is 0 Å². The maximum atomic E-state index is 12.6. The van der Waals surface area contributed by atoms with E-state index < -0.39 is 0 Å². The van der Waals surface area contributed by atoms with Crippen molar-refractivity contribution in [2.24, 2.45) is 0 Å². The van der Waals surface area contributed by atoms with Crippen molar-refractivity contribution in [3.63, 3.8) is 0 Å². The van der Waals surface area contributed by atoms with E-state index in [4.69, 9.17) is 4.42 Å².